The van der Waals surface area contributed by atoms with Gasteiger partial charge in [-0.3, -0.25) is 0 Å². The minimum atomic E-state index is -0.322. The fourth-order valence-electron chi connectivity index (χ4n) is 1.55. The molecule has 4 nitrogen and oxygen atoms in total. The normalized spacial score (nSPS) is 10.4. The highest BCUT2D eigenvalue weighted by Crippen LogP contribution is 2.33. The Hall–Kier alpha value is -2.04. The van der Waals surface area contributed by atoms with E-state index in [0.717, 1.165) is 0 Å². The average molecular weight is 222 g/mol. The van der Waals surface area contributed by atoms with Gasteiger partial charge in [0.1, 0.15) is 17.3 Å². The first-order valence-electron chi connectivity index (χ1n) is 4.69. The topological polar surface area (TPSA) is 61.3 Å². The van der Waals surface area contributed by atoms with Crippen molar-refractivity contribution in [2.45, 2.75) is 6.92 Å². The first kappa shape index (κ1) is 10.5. The standard InChI is InChI=1S/C11H11FN2O2/c1-6-8(12)4-3-7(11(6)15-2)9-5-10(13)16-14-9/h3-5H,13H2,1-2H3. The second kappa shape index (κ2) is 3.84. The van der Waals surface area contributed by atoms with E-state index in [4.69, 9.17) is 15.0 Å². The van der Waals surface area contributed by atoms with Crippen LogP contribution in [0.5, 0.6) is 5.75 Å². The molecule has 0 fully saturated rings. The summed E-state index contributed by atoms with van der Waals surface area (Å²) in [5.74, 6) is 0.324. The highest BCUT2D eigenvalue weighted by Gasteiger charge is 2.14. The van der Waals surface area contributed by atoms with Crippen molar-refractivity contribution in [2.24, 2.45) is 0 Å². The van der Waals surface area contributed by atoms with Gasteiger partial charge in [-0.25, -0.2) is 4.39 Å². The van der Waals surface area contributed by atoms with Gasteiger partial charge in [-0.1, -0.05) is 5.16 Å². The van der Waals surface area contributed by atoms with Gasteiger partial charge in [-0.15, -0.1) is 0 Å². The summed E-state index contributed by atoms with van der Waals surface area (Å²) in [5, 5.41) is 3.76. The zero-order chi connectivity index (χ0) is 11.7. The lowest BCUT2D eigenvalue weighted by Crippen LogP contribution is -1.94. The number of ether oxygens (including phenoxy) is 1. The molecule has 1 heterocycles. The summed E-state index contributed by atoms with van der Waals surface area (Å²) in [4.78, 5) is 0. The Bertz CT molecular complexity index is 523. The molecule has 0 saturated carbocycles. The number of nitrogens with two attached hydrogens (primary N) is 1. The Morgan fingerprint density at radius 2 is 2.19 bits per heavy atom. The fraction of sp³-hybridized carbons (Fsp3) is 0.182. The first-order valence-corrected chi connectivity index (χ1v) is 4.69. The molecule has 0 unspecified atom stereocenters. The fourth-order valence-corrected chi connectivity index (χ4v) is 1.55. The maximum atomic E-state index is 13.3. The van der Waals surface area contributed by atoms with Crippen molar-refractivity contribution in [1.29, 1.82) is 0 Å². The lowest BCUT2D eigenvalue weighted by Gasteiger charge is -2.09. The Labute approximate surface area is 91.8 Å². The van der Waals surface area contributed by atoms with E-state index in [1.165, 1.54) is 13.2 Å². The predicted octanol–water partition coefficient (Wildman–Crippen LogP) is 2.38. The lowest BCUT2D eigenvalue weighted by molar-refractivity contribution is 0.407. The number of methoxy groups -OCH3 is 1. The number of nitrogen functional groups attached to an aromatic ring is 1. The Kier molecular flexibility index (Phi) is 2.52. The zero-order valence-electron chi connectivity index (χ0n) is 8.95. The van der Waals surface area contributed by atoms with Crippen molar-refractivity contribution in [1.82, 2.24) is 5.16 Å². The van der Waals surface area contributed by atoms with Crippen LogP contribution in [0, 0.1) is 12.7 Å². The van der Waals surface area contributed by atoms with Crippen molar-refractivity contribution in [3.63, 3.8) is 0 Å². The maximum absolute atomic E-state index is 13.3. The van der Waals surface area contributed by atoms with Gasteiger partial charge in [-0.2, -0.15) is 0 Å². The van der Waals surface area contributed by atoms with Gasteiger partial charge >= 0.3 is 0 Å². The average Bonchev–Trinajstić information content (AvgIpc) is 2.68. The van der Waals surface area contributed by atoms with E-state index >= 15 is 0 Å². The highest BCUT2D eigenvalue weighted by molar-refractivity contribution is 5.70. The van der Waals surface area contributed by atoms with Crippen LogP contribution in [0.3, 0.4) is 0 Å². The third-order valence-corrected chi connectivity index (χ3v) is 2.35. The lowest BCUT2D eigenvalue weighted by atomic mass is 10.1. The monoisotopic (exact) mass is 222 g/mol. The molecule has 0 aliphatic heterocycles. The molecule has 0 aliphatic rings. The number of benzene rings is 1. The summed E-state index contributed by atoms with van der Waals surface area (Å²) >= 11 is 0. The van der Waals surface area contributed by atoms with E-state index in [-0.39, 0.29) is 11.7 Å². The molecule has 0 radical (unpaired) electrons. The number of nitrogens with zero attached hydrogens (tertiary/aromatic N) is 1. The predicted molar refractivity (Wildman–Crippen MR) is 57.6 cm³/mol. The smallest absolute Gasteiger partial charge is 0.222 e. The molecule has 0 spiro atoms. The Morgan fingerprint density at radius 1 is 1.44 bits per heavy atom. The Balaban J connectivity index is 2.61. The minimum Gasteiger partial charge on any atom is -0.496 e. The number of halogens is 1. The molecule has 1 aromatic heterocycles. The van der Waals surface area contributed by atoms with Crippen molar-refractivity contribution in [2.75, 3.05) is 12.8 Å². The second-order valence-corrected chi connectivity index (χ2v) is 3.37. The quantitative estimate of drug-likeness (QED) is 0.847. The van der Waals surface area contributed by atoms with Crippen molar-refractivity contribution in [3.05, 3.63) is 29.6 Å². The van der Waals surface area contributed by atoms with Crippen LogP contribution in [0.4, 0.5) is 10.3 Å². The second-order valence-electron chi connectivity index (χ2n) is 3.37. The summed E-state index contributed by atoms with van der Waals surface area (Å²) in [6, 6.07) is 4.51. The molecule has 2 aromatic rings. The summed E-state index contributed by atoms with van der Waals surface area (Å²) < 4.78 is 23.2. The van der Waals surface area contributed by atoms with Crippen LogP contribution in [0.2, 0.25) is 0 Å². The molecule has 0 aliphatic carbocycles. The van der Waals surface area contributed by atoms with Gasteiger partial charge in [0, 0.05) is 17.2 Å². The van der Waals surface area contributed by atoms with E-state index in [1.54, 1.807) is 19.1 Å². The van der Waals surface area contributed by atoms with E-state index < -0.39 is 0 Å². The van der Waals surface area contributed by atoms with Crippen LogP contribution >= 0.6 is 0 Å². The van der Waals surface area contributed by atoms with Gasteiger partial charge in [0.05, 0.1) is 7.11 Å². The summed E-state index contributed by atoms with van der Waals surface area (Å²) in [5.41, 5.74) is 7.04. The number of hydrogen-bond donors (Lipinski definition) is 1. The molecule has 0 bridgehead atoms. The number of aromatic nitrogens is 1. The molecule has 2 rings (SSSR count). The van der Waals surface area contributed by atoms with Gasteiger partial charge in [0.2, 0.25) is 5.88 Å². The number of anilines is 1. The molecule has 84 valence electrons. The molecule has 0 saturated heterocycles. The van der Waals surface area contributed by atoms with Crippen LogP contribution in [0.1, 0.15) is 5.56 Å². The maximum Gasteiger partial charge on any atom is 0.222 e. The van der Waals surface area contributed by atoms with Gasteiger partial charge < -0.3 is 15.0 Å². The SMILES string of the molecule is COc1c(-c2cc(N)on2)ccc(F)c1C. The van der Waals surface area contributed by atoms with E-state index in [2.05, 4.69) is 5.16 Å². The third kappa shape index (κ3) is 1.60. The van der Waals surface area contributed by atoms with Crippen molar-refractivity contribution < 1.29 is 13.7 Å². The van der Waals surface area contributed by atoms with E-state index in [9.17, 15) is 4.39 Å². The first-order chi connectivity index (χ1) is 7.63. The number of hydrogen-bond acceptors (Lipinski definition) is 4. The molecule has 5 heteroatoms. The summed E-state index contributed by atoms with van der Waals surface area (Å²) in [6.07, 6.45) is 0. The van der Waals surface area contributed by atoms with Gasteiger partial charge in [0.25, 0.3) is 0 Å². The van der Waals surface area contributed by atoms with Crippen LogP contribution in [-0.2, 0) is 0 Å². The highest BCUT2D eigenvalue weighted by atomic mass is 19.1. The molecule has 0 amide bonds. The molecule has 1 aromatic carbocycles. The van der Waals surface area contributed by atoms with Gasteiger partial charge in [0.15, 0.2) is 0 Å². The minimum absolute atomic E-state index is 0.207. The molecular weight excluding hydrogens is 211 g/mol. The van der Waals surface area contributed by atoms with Crippen LogP contribution < -0.4 is 10.5 Å². The molecular formula is C11H11FN2O2. The van der Waals surface area contributed by atoms with Gasteiger partial charge in [-0.05, 0) is 19.1 Å². The largest absolute Gasteiger partial charge is 0.496 e. The summed E-state index contributed by atoms with van der Waals surface area (Å²) in [6.45, 7) is 1.64. The Morgan fingerprint density at radius 3 is 2.75 bits per heavy atom. The number of rotatable bonds is 2. The van der Waals surface area contributed by atoms with Crippen LogP contribution in [0.15, 0.2) is 22.7 Å². The van der Waals surface area contributed by atoms with Crippen LogP contribution in [0.25, 0.3) is 11.3 Å². The van der Waals surface area contributed by atoms with Crippen LogP contribution in [-0.4, -0.2) is 12.3 Å². The molecule has 2 N–H and O–H groups in total. The van der Waals surface area contributed by atoms with E-state index in [1.807, 2.05) is 0 Å². The zero-order valence-corrected chi connectivity index (χ0v) is 8.95. The van der Waals surface area contributed by atoms with Crippen molar-refractivity contribution >= 4 is 5.88 Å². The van der Waals surface area contributed by atoms with Crippen molar-refractivity contribution in [3.8, 4) is 17.0 Å². The summed E-state index contributed by atoms with van der Waals surface area (Å²) in [7, 11) is 1.48. The van der Waals surface area contributed by atoms with E-state index in [0.29, 0.717) is 22.6 Å². The molecule has 0 atom stereocenters. The molecule has 16 heavy (non-hydrogen) atoms. The third-order valence-electron chi connectivity index (χ3n) is 2.35.